The second-order valence-corrected chi connectivity index (χ2v) is 6.86. The second kappa shape index (κ2) is 9.66. The van der Waals surface area contributed by atoms with Crippen molar-refractivity contribution < 1.29 is 23.7 Å². The maximum atomic E-state index is 12.8. The lowest BCUT2D eigenvalue weighted by molar-refractivity contribution is -0.146. The molecule has 0 aromatic heterocycles. The van der Waals surface area contributed by atoms with E-state index in [9.17, 15) is 4.79 Å². The van der Waals surface area contributed by atoms with Crippen LogP contribution in [0.3, 0.4) is 0 Å². The number of methoxy groups -OCH3 is 1. The molecule has 0 aliphatic carbocycles. The normalized spacial score (nSPS) is 17.7. The zero-order valence-corrected chi connectivity index (χ0v) is 16.7. The first-order valence-corrected chi connectivity index (χ1v) is 9.53. The third-order valence-corrected chi connectivity index (χ3v) is 4.75. The number of carbonyl (C=O) groups is 1. The summed E-state index contributed by atoms with van der Waals surface area (Å²) < 4.78 is 22.4. The lowest BCUT2D eigenvalue weighted by Gasteiger charge is -2.34. The van der Waals surface area contributed by atoms with Crippen LogP contribution in [-0.4, -0.2) is 56.4 Å². The minimum Gasteiger partial charge on any atom is -0.497 e. The predicted octanol–water partition coefficient (Wildman–Crippen LogP) is 3.42. The average Bonchev–Trinajstić information content (AvgIpc) is 2.74. The van der Waals surface area contributed by atoms with Crippen LogP contribution in [0.5, 0.6) is 17.2 Å². The largest absolute Gasteiger partial charge is 0.497 e. The molecular weight excluding hydrogens is 382 g/mol. The maximum absolute atomic E-state index is 12.8. The molecule has 1 saturated heterocycles. The standard InChI is InChI=1S/C21H24ClNO5/c1-15(28-20-6-4-3-5-19(20)22)21(24)23-11-12-26-18(13-23)14-27-17-9-7-16(25-2)8-10-17/h3-10,15,18H,11-14H2,1-2H3/t15-,18-/m0/s1. The topological polar surface area (TPSA) is 57.2 Å². The van der Waals surface area contributed by atoms with E-state index in [4.69, 9.17) is 30.5 Å². The zero-order valence-electron chi connectivity index (χ0n) is 16.0. The summed E-state index contributed by atoms with van der Waals surface area (Å²) in [7, 11) is 1.62. The minimum absolute atomic E-state index is 0.0994. The van der Waals surface area contributed by atoms with Gasteiger partial charge in [-0.25, -0.2) is 0 Å². The number of para-hydroxylation sites is 1. The van der Waals surface area contributed by atoms with Gasteiger partial charge in [-0.05, 0) is 43.3 Å². The van der Waals surface area contributed by atoms with Gasteiger partial charge in [0.2, 0.25) is 0 Å². The van der Waals surface area contributed by atoms with Crippen LogP contribution < -0.4 is 14.2 Å². The van der Waals surface area contributed by atoms with Crippen molar-refractivity contribution in [2.24, 2.45) is 0 Å². The van der Waals surface area contributed by atoms with Gasteiger partial charge >= 0.3 is 0 Å². The molecule has 1 aliphatic heterocycles. The molecule has 7 heteroatoms. The molecule has 0 bridgehead atoms. The van der Waals surface area contributed by atoms with E-state index < -0.39 is 6.10 Å². The number of rotatable bonds is 7. The summed E-state index contributed by atoms with van der Waals surface area (Å²) in [6.45, 7) is 3.51. The average molecular weight is 406 g/mol. The van der Waals surface area contributed by atoms with Gasteiger partial charge in [0, 0.05) is 6.54 Å². The second-order valence-electron chi connectivity index (χ2n) is 6.45. The predicted molar refractivity (Wildman–Crippen MR) is 106 cm³/mol. The van der Waals surface area contributed by atoms with Crippen LogP contribution in [-0.2, 0) is 9.53 Å². The van der Waals surface area contributed by atoms with Crippen LogP contribution in [0.25, 0.3) is 0 Å². The summed E-state index contributed by atoms with van der Waals surface area (Å²) in [5.41, 5.74) is 0. The molecular formula is C21H24ClNO5. The van der Waals surface area contributed by atoms with Crippen molar-refractivity contribution in [3.8, 4) is 17.2 Å². The number of carbonyl (C=O) groups excluding carboxylic acids is 1. The molecule has 0 saturated carbocycles. The Labute approximate surface area is 169 Å². The van der Waals surface area contributed by atoms with Crippen molar-refractivity contribution in [1.82, 2.24) is 4.90 Å². The Hall–Kier alpha value is -2.44. The Morgan fingerprint density at radius 3 is 2.64 bits per heavy atom. The van der Waals surface area contributed by atoms with Gasteiger partial charge in [-0.2, -0.15) is 0 Å². The fraction of sp³-hybridized carbons (Fsp3) is 0.381. The van der Waals surface area contributed by atoms with Crippen molar-refractivity contribution in [2.45, 2.75) is 19.1 Å². The number of ether oxygens (including phenoxy) is 4. The molecule has 2 aromatic carbocycles. The molecule has 0 unspecified atom stereocenters. The summed E-state index contributed by atoms with van der Waals surface area (Å²) in [6.07, 6.45) is -0.839. The molecule has 2 atom stereocenters. The minimum atomic E-state index is -0.638. The quantitative estimate of drug-likeness (QED) is 0.706. The molecule has 3 rings (SSSR count). The van der Waals surface area contributed by atoms with Crippen molar-refractivity contribution in [1.29, 1.82) is 0 Å². The smallest absolute Gasteiger partial charge is 0.263 e. The van der Waals surface area contributed by atoms with Crippen LogP contribution in [0.15, 0.2) is 48.5 Å². The molecule has 0 radical (unpaired) electrons. The number of halogens is 1. The van der Waals surface area contributed by atoms with Crippen molar-refractivity contribution in [3.05, 3.63) is 53.6 Å². The Morgan fingerprint density at radius 1 is 1.21 bits per heavy atom. The van der Waals surface area contributed by atoms with E-state index >= 15 is 0 Å². The summed E-state index contributed by atoms with van der Waals surface area (Å²) in [5, 5.41) is 0.481. The fourth-order valence-corrected chi connectivity index (χ4v) is 3.10. The molecule has 1 fully saturated rings. The van der Waals surface area contributed by atoms with E-state index in [1.807, 2.05) is 36.4 Å². The first-order valence-electron chi connectivity index (χ1n) is 9.15. The third kappa shape index (κ3) is 5.30. The van der Waals surface area contributed by atoms with Crippen molar-refractivity contribution in [3.63, 3.8) is 0 Å². The van der Waals surface area contributed by atoms with Crippen LogP contribution in [0.4, 0.5) is 0 Å². The number of hydrogen-bond acceptors (Lipinski definition) is 5. The summed E-state index contributed by atoms with van der Waals surface area (Å²) in [4.78, 5) is 14.5. The van der Waals surface area contributed by atoms with Gasteiger partial charge in [0.25, 0.3) is 5.91 Å². The number of benzene rings is 2. The van der Waals surface area contributed by atoms with Gasteiger partial charge in [0.15, 0.2) is 6.10 Å². The van der Waals surface area contributed by atoms with E-state index in [0.29, 0.717) is 37.1 Å². The molecule has 1 amide bonds. The SMILES string of the molecule is COc1ccc(OC[C@@H]2CN(C(=O)[C@H](C)Oc3ccccc3Cl)CCO2)cc1. The van der Waals surface area contributed by atoms with Crippen molar-refractivity contribution in [2.75, 3.05) is 33.4 Å². The molecule has 28 heavy (non-hydrogen) atoms. The molecule has 1 aliphatic rings. The van der Waals surface area contributed by atoms with E-state index in [0.717, 1.165) is 11.5 Å². The van der Waals surface area contributed by atoms with E-state index in [1.165, 1.54) is 0 Å². The highest BCUT2D eigenvalue weighted by molar-refractivity contribution is 6.32. The summed E-state index contributed by atoms with van der Waals surface area (Å²) >= 11 is 6.11. The molecule has 6 nitrogen and oxygen atoms in total. The fourth-order valence-electron chi connectivity index (χ4n) is 2.92. The van der Waals surface area contributed by atoms with Crippen LogP contribution in [0.1, 0.15) is 6.92 Å². The van der Waals surface area contributed by atoms with Gasteiger partial charge in [-0.3, -0.25) is 4.79 Å². The first kappa shape index (κ1) is 20.3. The third-order valence-electron chi connectivity index (χ3n) is 4.43. The van der Waals surface area contributed by atoms with Gasteiger partial charge in [0.1, 0.15) is 30.0 Å². The number of morpholine rings is 1. The Bertz CT molecular complexity index is 783. The Kier molecular flexibility index (Phi) is 7.01. The maximum Gasteiger partial charge on any atom is 0.263 e. The lowest BCUT2D eigenvalue weighted by Crippen LogP contribution is -2.51. The lowest BCUT2D eigenvalue weighted by atomic mass is 10.2. The highest BCUT2D eigenvalue weighted by Gasteiger charge is 2.29. The number of nitrogens with zero attached hydrogens (tertiary/aromatic N) is 1. The van der Waals surface area contributed by atoms with Gasteiger partial charge in [-0.1, -0.05) is 23.7 Å². The monoisotopic (exact) mass is 405 g/mol. The first-order chi connectivity index (χ1) is 13.6. The van der Waals surface area contributed by atoms with Gasteiger partial charge in [-0.15, -0.1) is 0 Å². The van der Waals surface area contributed by atoms with Gasteiger partial charge in [0.05, 0.1) is 25.3 Å². The molecule has 150 valence electrons. The number of amides is 1. The van der Waals surface area contributed by atoms with Crippen LogP contribution >= 0.6 is 11.6 Å². The molecule has 0 spiro atoms. The summed E-state index contributed by atoms with van der Waals surface area (Å²) in [5.74, 6) is 1.89. The van der Waals surface area contributed by atoms with E-state index in [-0.39, 0.29) is 12.0 Å². The molecule has 2 aromatic rings. The highest BCUT2D eigenvalue weighted by Crippen LogP contribution is 2.25. The Balaban J connectivity index is 1.51. The molecule has 0 N–H and O–H groups in total. The highest BCUT2D eigenvalue weighted by atomic mass is 35.5. The Morgan fingerprint density at radius 2 is 1.93 bits per heavy atom. The van der Waals surface area contributed by atoms with Crippen LogP contribution in [0.2, 0.25) is 5.02 Å². The zero-order chi connectivity index (χ0) is 19.9. The van der Waals surface area contributed by atoms with E-state index in [1.54, 1.807) is 31.1 Å². The van der Waals surface area contributed by atoms with Crippen LogP contribution in [0, 0.1) is 0 Å². The van der Waals surface area contributed by atoms with Crippen molar-refractivity contribution >= 4 is 17.5 Å². The van der Waals surface area contributed by atoms with Gasteiger partial charge < -0.3 is 23.8 Å². The van der Waals surface area contributed by atoms with E-state index in [2.05, 4.69) is 0 Å². The summed E-state index contributed by atoms with van der Waals surface area (Å²) in [6, 6.07) is 14.5. The molecule has 1 heterocycles. The number of hydrogen-bond donors (Lipinski definition) is 0.